The molecule has 0 fully saturated rings. The first kappa shape index (κ1) is 21.2. The first-order chi connectivity index (χ1) is 14.4. The lowest BCUT2D eigenvalue weighted by Crippen LogP contribution is -2.31. The topological polar surface area (TPSA) is 86.9 Å². The van der Waals surface area contributed by atoms with Crippen molar-refractivity contribution in [1.82, 2.24) is 15.1 Å². The summed E-state index contributed by atoms with van der Waals surface area (Å²) >= 11 is 0. The minimum atomic E-state index is -0.194. The lowest BCUT2D eigenvalue weighted by atomic mass is 10.1. The van der Waals surface area contributed by atoms with E-state index in [1.54, 1.807) is 39.5 Å². The van der Waals surface area contributed by atoms with Crippen molar-refractivity contribution in [3.8, 4) is 28.7 Å². The molecule has 1 amide bonds. The Balaban J connectivity index is 1.61. The quantitative estimate of drug-likeness (QED) is 0.561. The van der Waals surface area contributed by atoms with Crippen molar-refractivity contribution in [2.45, 2.75) is 20.4 Å². The molecule has 0 N–H and O–H groups in total. The number of rotatable bonds is 8. The smallest absolute Gasteiger partial charge is 0.260 e. The fourth-order valence-corrected chi connectivity index (χ4v) is 2.91. The largest absolute Gasteiger partial charge is 0.493 e. The zero-order chi connectivity index (χ0) is 21.7. The fraction of sp³-hybridized carbons (Fsp3) is 0.318. The molecule has 8 heteroatoms. The van der Waals surface area contributed by atoms with Crippen LogP contribution in [-0.4, -0.2) is 48.9 Å². The van der Waals surface area contributed by atoms with Gasteiger partial charge in [-0.1, -0.05) is 17.7 Å². The third-order valence-corrected chi connectivity index (χ3v) is 4.58. The molecule has 0 radical (unpaired) electrons. The van der Waals surface area contributed by atoms with Crippen molar-refractivity contribution in [3.63, 3.8) is 0 Å². The molecule has 2 aromatic carbocycles. The molecule has 1 aromatic heterocycles. The molecule has 0 spiro atoms. The monoisotopic (exact) mass is 411 g/mol. The Bertz CT molecular complexity index is 1030. The van der Waals surface area contributed by atoms with Crippen molar-refractivity contribution in [2.75, 3.05) is 27.9 Å². The molecule has 30 heavy (non-hydrogen) atoms. The highest BCUT2D eigenvalue weighted by Crippen LogP contribution is 2.31. The van der Waals surface area contributed by atoms with Gasteiger partial charge in [-0.2, -0.15) is 0 Å². The van der Waals surface area contributed by atoms with E-state index in [0.717, 1.165) is 11.1 Å². The fourth-order valence-electron chi connectivity index (χ4n) is 2.91. The van der Waals surface area contributed by atoms with Crippen molar-refractivity contribution >= 4 is 5.91 Å². The summed E-state index contributed by atoms with van der Waals surface area (Å²) in [4.78, 5) is 13.9. The molecule has 0 bridgehead atoms. The van der Waals surface area contributed by atoms with Crippen LogP contribution in [0.25, 0.3) is 11.5 Å². The second-order valence-electron chi connectivity index (χ2n) is 6.88. The molecule has 8 nitrogen and oxygen atoms in total. The van der Waals surface area contributed by atoms with E-state index in [1.165, 1.54) is 4.90 Å². The summed E-state index contributed by atoms with van der Waals surface area (Å²) in [6, 6.07) is 11.1. The minimum absolute atomic E-state index is 0.0723. The van der Waals surface area contributed by atoms with Gasteiger partial charge in [0.15, 0.2) is 18.1 Å². The van der Waals surface area contributed by atoms with Crippen LogP contribution in [0.15, 0.2) is 40.8 Å². The molecular weight excluding hydrogens is 386 g/mol. The van der Waals surface area contributed by atoms with Crippen LogP contribution in [0, 0.1) is 13.8 Å². The second kappa shape index (κ2) is 9.30. The number of aromatic nitrogens is 2. The van der Waals surface area contributed by atoms with Gasteiger partial charge >= 0.3 is 0 Å². The van der Waals surface area contributed by atoms with Crippen LogP contribution in [0.2, 0.25) is 0 Å². The van der Waals surface area contributed by atoms with Crippen molar-refractivity contribution in [2.24, 2.45) is 0 Å². The number of hydrogen-bond donors (Lipinski definition) is 0. The van der Waals surface area contributed by atoms with E-state index in [1.807, 2.05) is 32.0 Å². The Kier molecular flexibility index (Phi) is 6.56. The Morgan fingerprint density at radius 3 is 2.43 bits per heavy atom. The Hall–Kier alpha value is -3.55. The van der Waals surface area contributed by atoms with Gasteiger partial charge in [0.05, 0.1) is 20.8 Å². The number of nitrogens with zero attached hydrogens (tertiary/aromatic N) is 3. The van der Waals surface area contributed by atoms with Gasteiger partial charge in [-0.25, -0.2) is 0 Å². The Labute approximate surface area is 175 Å². The molecule has 0 saturated heterocycles. The third kappa shape index (κ3) is 4.89. The van der Waals surface area contributed by atoms with Crippen LogP contribution in [-0.2, 0) is 11.3 Å². The normalized spacial score (nSPS) is 10.6. The average Bonchev–Trinajstić information content (AvgIpc) is 3.20. The van der Waals surface area contributed by atoms with Gasteiger partial charge in [0.25, 0.3) is 5.91 Å². The first-order valence-corrected chi connectivity index (χ1v) is 9.40. The van der Waals surface area contributed by atoms with E-state index in [9.17, 15) is 4.79 Å². The maximum absolute atomic E-state index is 12.4. The molecule has 0 unspecified atom stereocenters. The first-order valence-electron chi connectivity index (χ1n) is 9.40. The second-order valence-corrected chi connectivity index (χ2v) is 6.88. The lowest BCUT2D eigenvalue weighted by Gasteiger charge is -2.16. The number of ether oxygens (including phenoxy) is 3. The number of amides is 1. The van der Waals surface area contributed by atoms with Crippen LogP contribution in [0.3, 0.4) is 0 Å². The van der Waals surface area contributed by atoms with Gasteiger partial charge in [-0.15, -0.1) is 10.2 Å². The highest BCUT2D eigenvalue weighted by atomic mass is 16.5. The van der Waals surface area contributed by atoms with Crippen molar-refractivity contribution in [1.29, 1.82) is 0 Å². The summed E-state index contributed by atoms with van der Waals surface area (Å²) in [7, 11) is 4.79. The zero-order valence-corrected chi connectivity index (χ0v) is 17.8. The van der Waals surface area contributed by atoms with Gasteiger partial charge in [-0.3, -0.25) is 4.79 Å². The van der Waals surface area contributed by atoms with E-state index in [4.69, 9.17) is 18.6 Å². The molecule has 0 saturated carbocycles. The number of hydrogen-bond acceptors (Lipinski definition) is 7. The molecule has 0 aliphatic heterocycles. The molecule has 3 aromatic rings. The van der Waals surface area contributed by atoms with Crippen LogP contribution in [0.5, 0.6) is 17.2 Å². The van der Waals surface area contributed by atoms with Gasteiger partial charge in [-0.05, 0) is 43.7 Å². The van der Waals surface area contributed by atoms with Gasteiger partial charge in [0, 0.05) is 12.6 Å². The maximum Gasteiger partial charge on any atom is 0.260 e. The maximum atomic E-state index is 12.4. The van der Waals surface area contributed by atoms with Gasteiger partial charge in [0.1, 0.15) is 5.75 Å². The van der Waals surface area contributed by atoms with E-state index in [2.05, 4.69) is 10.2 Å². The van der Waals surface area contributed by atoms with Crippen molar-refractivity contribution < 1.29 is 23.4 Å². The summed E-state index contributed by atoms with van der Waals surface area (Å²) in [5.41, 5.74) is 2.82. The summed E-state index contributed by atoms with van der Waals surface area (Å²) in [6.07, 6.45) is 0. The Morgan fingerprint density at radius 1 is 1.00 bits per heavy atom. The highest BCUT2D eigenvalue weighted by Gasteiger charge is 2.16. The average molecular weight is 411 g/mol. The lowest BCUT2D eigenvalue weighted by molar-refractivity contribution is -0.132. The predicted molar refractivity (Wildman–Crippen MR) is 111 cm³/mol. The summed E-state index contributed by atoms with van der Waals surface area (Å²) in [6.45, 7) is 4.06. The van der Waals surface area contributed by atoms with Crippen LogP contribution in [0.4, 0.5) is 0 Å². The standard InChI is InChI=1S/C22H25N3O5/c1-14-6-8-17(15(2)10-14)29-13-21(26)25(3)12-20-23-24-22(30-20)16-7-9-18(27-4)19(11-16)28-5/h6-11H,12-13H2,1-5H3. The number of carbonyl (C=O) groups excluding carboxylic acids is 1. The van der Waals surface area contributed by atoms with E-state index in [0.29, 0.717) is 34.6 Å². The van der Waals surface area contributed by atoms with E-state index < -0.39 is 0 Å². The number of aryl methyl sites for hydroxylation is 2. The van der Waals surface area contributed by atoms with Crippen LogP contribution < -0.4 is 14.2 Å². The van der Waals surface area contributed by atoms with Crippen LogP contribution in [0.1, 0.15) is 17.0 Å². The van der Waals surface area contributed by atoms with E-state index in [-0.39, 0.29) is 19.1 Å². The SMILES string of the molecule is COc1ccc(-c2nnc(CN(C)C(=O)COc3ccc(C)cc3C)o2)cc1OC. The molecule has 0 atom stereocenters. The molecule has 158 valence electrons. The van der Waals surface area contributed by atoms with Gasteiger partial charge < -0.3 is 23.5 Å². The summed E-state index contributed by atoms with van der Waals surface area (Å²) in [5, 5.41) is 8.09. The minimum Gasteiger partial charge on any atom is -0.493 e. The number of benzene rings is 2. The third-order valence-electron chi connectivity index (χ3n) is 4.58. The Morgan fingerprint density at radius 2 is 1.73 bits per heavy atom. The predicted octanol–water partition coefficient (Wildman–Crippen LogP) is 3.41. The van der Waals surface area contributed by atoms with E-state index >= 15 is 0 Å². The van der Waals surface area contributed by atoms with Crippen molar-refractivity contribution in [3.05, 3.63) is 53.4 Å². The molecule has 3 rings (SSSR count). The molecule has 0 aliphatic rings. The number of methoxy groups -OCH3 is 2. The summed E-state index contributed by atoms with van der Waals surface area (Å²) < 4.78 is 21.9. The zero-order valence-electron chi connectivity index (χ0n) is 17.8. The number of carbonyl (C=O) groups is 1. The number of likely N-dealkylation sites (N-methyl/N-ethyl adjacent to an activating group) is 1. The molecular formula is C22H25N3O5. The molecule has 1 heterocycles. The highest BCUT2D eigenvalue weighted by molar-refractivity contribution is 5.77. The molecule has 0 aliphatic carbocycles. The van der Waals surface area contributed by atoms with Crippen LogP contribution >= 0.6 is 0 Å². The van der Waals surface area contributed by atoms with Gasteiger partial charge in [0.2, 0.25) is 11.8 Å². The summed E-state index contributed by atoms with van der Waals surface area (Å²) in [5.74, 6) is 2.32.